The van der Waals surface area contributed by atoms with Gasteiger partial charge in [0.1, 0.15) is 35.1 Å². The van der Waals surface area contributed by atoms with Crippen molar-refractivity contribution < 1.29 is 17.8 Å². The SMILES string of the molecule is C=C(C)C(=O)Nc1ccc(-c2c(-c3ccc(N=S(C)(C)=O)c(F)c3)c3c(N)ncnc3n2C)c(F)c1. The molecule has 4 rings (SSSR count). The molecule has 0 aliphatic heterocycles. The second-order valence-corrected chi connectivity index (χ2v) is 11.2. The zero-order chi connectivity index (χ0) is 26.4. The van der Waals surface area contributed by atoms with Gasteiger partial charge in [0.15, 0.2) is 0 Å². The molecule has 0 radical (unpaired) electrons. The zero-order valence-electron chi connectivity index (χ0n) is 20.1. The quantitative estimate of drug-likeness (QED) is 0.365. The first-order valence-corrected chi connectivity index (χ1v) is 13.0. The number of aryl methyl sites for hydroxylation is 1. The summed E-state index contributed by atoms with van der Waals surface area (Å²) in [5.41, 5.74) is 8.45. The molecule has 2 heterocycles. The Kier molecular flexibility index (Phi) is 6.35. The van der Waals surface area contributed by atoms with Crippen LogP contribution in [0.5, 0.6) is 0 Å². The highest BCUT2D eigenvalue weighted by Crippen LogP contribution is 2.43. The fourth-order valence-electron chi connectivity index (χ4n) is 3.87. The molecule has 0 unspecified atom stereocenters. The van der Waals surface area contributed by atoms with Gasteiger partial charge in [0.25, 0.3) is 5.91 Å². The van der Waals surface area contributed by atoms with Crippen LogP contribution in [-0.4, -0.2) is 37.2 Å². The molecule has 0 atom stereocenters. The van der Waals surface area contributed by atoms with Crippen LogP contribution in [0.25, 0.3) is 33.4 Å². The van der Waals surface area contributed by atoms with E-state index >= 15 is 8.78 Å². The molecule has 2 aromatic heterocycles. The second kappa shape index (κ2) is 9.15. The maximum atomic E-state index is 15.4. The van der Waals surface area contributed by atoms with Crippen LogP contribution in [0.15, 0.2) is 59.2 Å². The van der Waals surface area contributed by atoms with Gasteiger partial charge in [-0.05, 0) is 42.8 Å². The standard InChI is InChI=1S/C25H24F2N6O2S/c1-13(2)25(34)31-15-7-8-16(17(26)11-15)22-20(21-23(28)29-12-30-24(21)33(22)3)14-6-9-19(18(27)10-14)32-36(4,5)35/h6-12H,1H2,2-5H3,(H,31,34)(H2,28,29,30). The van der Waals surface area contributed by atoms with Gasteiger partial charge < -0.3 is 15.6 Å². The van der Waals surface area contributed by atoms with E-state index in [1.165, 1.54) is 43.1 Å². The molecule has 3 N–H and O–H groups in total. The van der Waals surface area contributed by atoms with Gasteiger partial charge in [-0.2, -0.15) is 4.36 Å². The van der Waals surface area contributed by atoms with Gasteiger partial charge in [0, 0.05) is 51.7 Å². The van der Waals surface area contributed by atoms with E-state index in [1.807, 2.05) is 0 Å². The summed E-state index contributed by atoms with van der Waals surface area (Å²) in [6.45, 7) is 5.12. The minimum Gasteiger partial charge on any atom is -0.383 e. The first kappa shape index (κ1) is 25.0. The van der Waals surface area contributed by atoms with E-state index in [0.717, 1.165) is 0 Å². The Labute approximate surface area is 207 Å². The Bertz CT molecular complexity index is 1680. The molecular formula is C25H24F2N6O2S. The van der Waals surface area contributed by atoms with Crippen molar-refractivity contribution in [2.75, 3.05) is 23.6 Å². The number of aromatic nitrogens is 3. The molecule has 0 bridgehead atoms. The van der Waals surface area contributed by atoms with Crippen molar-refractivity contribution in [3.63, 3.8) is 0 Å². The molecule has 0 spiro atoms. The third-order valence-corrected chi connectivity index (χ3v) is 6.06. The number of nitrogens with one attached hydrogen (secondary N) is 1. The number of amides is 1. The molecule has 11 heteroatoms. The number of hydrogen-bond donors (Lipinski definition) is 2. The van der Waals surface area contributed by atoms with Crippen molar-refractivity contribution in [2.24, 2.45) is 11.4 Å². The van der Waals surface area contributed by atoms with Gasteiger partial charge >= 0.3 is 0 Å². The first-order valence-electron chi connectivity index (χ1n) is 10.7. The van der Waals surface area contributed by atoms with Crippen molar-refractivity contribution in [1.29, 1.82) is 0 Å². The number of hydrogen-bond acceptors (Lipinski definition) is 6. The maximum absolute atomic E-state index is 15.4. The van der Waals surface area contributed by atoms with E-state index in [-0.39, 0.29) is 28.3 Å². The lowest BCUT2D eigenvalue weighted by Crippen LogP contribution is -2.12. The van der Waals surface area contributed by atoms with Crippen LogP contribution in [0.4, 0.5) is 26.0 Å². The number of halogens is 2. The third kappa shape index (κ3) is 4.69. The van der Waals surface area contributed by atoms with Crippen LogP contribution >= 0.6 is 0 Å². The van der Waals surface area contributed by atoms with E-state index in [0.29, 0.717) is 27.9 Å². The Morgan fingerprint density at radius 3 is 2.47 bits per heavy atom. The van der Waals surface area contributed by atoms with Crippen molar-refractivity contribution in [1.82, 2.24) is 14.5 Å². The van der Waals surface area contributed by atoms with E-state index in [4.69, 9.17) is 5.73 Å². The Morgan fingerprint density at radius 2 is 1.86 bits per heavy atom. The molecule has 186 valence electrons. The van der Waals surface area contributed by atoms with E-state index < -0.39 is 27.3 Å². The predicted octanol–water partition coefficient (Wildman–Crippen LogP) is 5.04. The number of carbonyl (C=O) groups is 1. The highest BCUT2D eigenvalue weighted by molar-refractivity contribution is 7.92. The van der Waals surface area contributed by atoms with Crippen LogP contribution in [0.3, 0.4) is 0 Å². The number of carbonyl (C=O) groups excluding carboxylic acids is 1. The van der Waals surface area contributed by atoms with Gasteiger partial charge in [-0.25, -0.2) is 23.0 Å². The smallest absolute Gasteiger partial charge is 0.250 e. The summed E-state index contributed by atoms with van der Waals surface area (Å²) in [4.78, 5) is 20.3. The number of nitrogen functional groups attached to an aromatic ring is 1. The zero-order valence-corrected chi connectivity index (χ0v) is 20.9. The molecule has 0 saturated carbocycles. The first-order chi connectivity index (χ1) is 16.9. The van der Waals surface area contributed by atoms with Crippen LogP contribution in [-0.2, 0) is 21.6 Å². The minimum absolute atomic E-state index is 0.0523. The number of fused-ring (bicyclic) bond motifs is 1. The maximum Gasteiger partial charge on any atom is 0.250 e. The van der Waals surface area contributed by atoms with Crippen molar-refractivity contribution >= 4 is 43.9 Å². The van der Waals surface area contributed by atoms with Gasteiger partial charge in [-0.3, -0.25) is 4.79 Å². The number of rotatable bonds is 5. The fraction of sp³-hybridized carbons (Fsp3) is 0.160. The molecule has 0 aliphatic carbocycles. The topological polar surface area (TPSA) is 115 Å². The molecular weight excluding hydrogens is 486 g/mol. The van der Waals surface area contributed by atoms with Crippen LogP contribution in [0.2, 0.25) is 0 Å². The monoisotopic (exact) mass is 510 g/mol. The lowest BCUT2D eigenvalue weighted by Gasteiger charge is -2.12. The number of anilines is 2. The summed E-state index contributed by atoms with van der Waals surface area (Å²) in [5.74, 6) is -1.61. The molecule has 4 aromatic rings. The number of nitrogens with two attached hydrogens (primary N) is 1. The van der Waals surface area contributed by atoms with Gasteiger partial charge in [-0.1, -0.05) is 12.6 Å². The average Bonchev–Trinajstić information content (AvgIpc) is 3.08. The molecule has 8 nitrogen and oxygen atoms in total. The highest BCUT2D eigenvalue weighted by Gasteiger charge is 2.24. The summed E-state index contributed by atoms with van der Waals surface area (Å²) >= 11 is 0. The Morgan fingerprint density at radius 1 is 1.14 bits per heavy atom. The van der Waals surface area contributed by atoms with Crippen LogP contribution < -0.4 is 11.1 Å². The normalized spacial score (nSPS) is 11.5. The summed E-state index contributed by atoms with van der Waals surface area (Å²) < 4.78 is 48.1. The molecule has 2 aromatic carbocycles. The Balaban J connectivity index is 1.97. The molecule has 0 saturated heterocycles. The van der Waals surface area contributed by atoms with Gasteiger partial charge in [0.05, 0.1) is 11.1 Å². The summed E-state index contributed by atoms with van der Waals surface area (Å²) in [5, 5.41) is 3.00. The number of nitrogens with zero attached hydrogens (tertiary/aromatic N) is 4. The average molecular weight is 511 g/mol. The van der Waals surface area contributed by atoms with Gasteiger partial charge in [-0.15, -0.1) is 0 Å². The summed E-state index contributed by atoms with van der Waals surface area (Å²) in [7, 11) is -0.896. The van der Waals surface area contributed by atoms with Crippen molar-refractivity contribution in [2.45, 2.75) is 6.92 Å². The summed E-state index contributed by atoms with van der Waals surface area (Å²) in [6.07, 6.45) is 4.11. The van der Waals surface area contributed by atoms with E-state index in [1.54, 1.807) is 30.7 Å². The molecule has 0 aliphatic rings. The second-order valence-electron chi connectivity index (χ2n) is 8.61. The van der Waals surface area contributed by atoms with Crippen molar-refractivity contribution in [3.8, 4) is 22.4 Å². The Hall–Kier alpha value is -4.12. The largest absolute Gasteiger partial charge is 0.383 e. The highest BCUT2D eigenvalue weighted by atomic mass is 32.2. The van der Waals surface area contributed by atoms with Crippen LogP contribution in [0, 0.1) is 11.6 Å². The van der Waals surface area contributed by atoms with Gasteiger partial charge in [0.2, 0.25) is 0 Å². The predicted molar refractivity (Wildman–Crippen MR) is 139 cm³/mol. The fourth-order valence-corrected chi connectivity index (χ4v) is 4.49. The molecule has 0 fully saturated rings. The lowest BCUT2D eigenvalue weighted by atomic mass is 9.98. The molecule has 36 heavy (non-hydrogen) atoms. The van der Waals surface area contributed by atoms with Crippen molar-refractivity contribution in [3.05, 3.63) is 66.5 Å². The van der Waals surface area contributed by atoms with E-state index in [9.17, 15) is 9.00 Å². The number of benzene rings is 2. The molecule has 1 amide bonds. The van der Waals surface area contributed by atoms with Crippen LogP contribution in [0.1, 0.15) is 6.92 Å². The lowest BCUT2D eigenvalue weighted by molar-refractivity contribution is -0.112. The minimum atomic E-state index is -2.58. The third-order valence-electron chi connectivity index (χ3n) is 5.42. The summed E-state index contributed by atoms with van der Waals surface area (Å²) in [6, 6.07) is 8.48. The van der Waals surface area contributed by atoms with E-state index in [2.05, 4.69) is 26.2 Å².